The zero-order valence-electron chi connectivity index (χ0n) is 16.5. The van der Waals surface area contributed by atoms with Gasteiger partial charge in [0.15, 0.2) is 0 Å². The lowest BCUT2D eigenvalue weighted by atomic mass is 10.0. The third-order valence-corrected chi connectivity index (χ3v) is 6.57. The maximum absolute atomic E-state index is 13.0. The van der Waals surface area contributed by atoms with Crippen LogP contribution in [0.2, 0.25) is 0 Å². The smallest absolute Gasteiger partial charge is 0.246 e. The quantitative estimate of drug-likeness (QED) is 0.726. The van der Waals surface area contributed by atoms with E-state index in [0.29, 0.717) is 25.1 Å². The molecular formula is C19H26N4O4S. The fourth-order valence-electron chi connectivity index (χ4n) is 3.06. The molecular weight excluding hydrogens is 380 g/mol. The lowest BCUT2D eigenvalue weighted by molar-refractivity contribution is -0.128. The lowest BCUT2D eigenvalue weighted by Crippen LogP contribution is -2.32. The van der Waals surface area contributed by atoms with Gasteiger partial charge in [-0.15, -0.1) is 0 Å². The molecule has 152 valence electrons. The topological polar surface area (TPSA) is 84.7 Å². The minimum Gasteiger partial charge on any atom is -0.492 e. The van der Waals surface area contributed by atoms with Crippen LogP contribution in [0.15, 0.2) is 35.5 Å². The Labute approximate surface area is 165 Å². The summed E-state index contributed by atoms with van der Waals surface area (Å²) in [6, 6.07) is 5.72. The van der Waals surface area contributed by atoms with Gasteiger partial charge in [-0.05, 0) is 25.0 Å². The van der Waals surface area contributed by atoms with Crippen molar-refractivity contribution in [3.8, 4) is 5.75 Å². The second-order valence-corrected chi connectivity index (χ2v) is 8.89. The fraction of sp³-hybridized carbons (Fsp3) is 0.474. The molecule has 0 radical (unpaired) electrons. The molecule has 1 aliphatic heterocycles. The summed E-state index contributed by atoms with van der Waals surface area (Å²) in [5.74, 6) is 0.743. The highest BCUT2D eigenvalue weighted by Gasteiger charge is 2.29. The highest BCUT2D eigenvalue weighted by Crippen LogP contribution is 2.28. The standard InChI is InChI=1S/C19H26N4O4S/c1-4-22-14-17(12-20-22)28(25,26)23-9-10-27-18-7-5-15(11-16(18)13-23)6-8-19(24)21(2)3/h5,7,11-12,14H,4,6,8-10,13H2,1-3H3. The molecule has 2 heterocycles. The van der Waals surface area contributed by atoms with E-state index in [0.717, 1.165) is 11.1 Å². The van der Waals surface area contributed by atoms with Crippen LogP contribution < -0.4 is 4.74 Å². The Morgan fingerprint density at radius 3 is 2.79 bits per heavy atom. The van der Waals surface area contributed by atoms with Crippen molar-refractivity contribution in [2.75, 3.05) is 27.2 Å². The van der Waals surface area contributed by atoms with Crippen LogP contribution in [0.3, 0.4) is 0 Å². The predicted molar refractivity (Wildman–Crippen MR) is 104 cm³/mol. The maximum Gasteiger partial charge on any atom is 0.246 e. The molecule has 0 bridgehead atoms. The summed E-state index contributed by atoms with van der Waals surface area (Å²) in [6.45, 7) is 3.29. The molecule has 0 unspecified atom stereocenters. The number of fused-ring (bicyclic) bond motifs is 1. The zero-order valence-corrected chi connectivity index (χ0v) is 17.3. The average Bonchev–Trinajstić information content (AvgIpc) is 3.06. The van der Waals surface area contributed by atoms with Gasteiger partial charge in [0, 0.05) is 51.9 Å². The molecule has 28 heavy (non-hydrogen) atoms. The van der Waals surface area contributed by atoms with Crippen molar-refractivity contribution in [2.45, 2.75) is 37.8 Å². The van der Waals surface area contributed by atoms with E-state index in [4.69, 9.17) is 4.74 Å². The van der Waals surface area contributed by atoms with Gasteiger partial charge >= 0.3 is 0 Å². The largest absolute Gasteiger partial charge is 0.492 e. The second kappa shape index (κ2) is 8.32. The van der Waals surface area contributed by atoms with Crippen molar-refractivity contribution >= 4 is 15.9 Å². The number of ether oxygens (including phenoxy) is 1. The molecule has 1 aliphatic rings. The number of rotatable bonds is 6. The van der Waals surface area contributed by atoms with Gasteiger partial charge in [0.25, 0.3) is 0 Å². The highest BCUT2D eigenvalue weighted by atomic mass is 32.2. The number of benzene rings is 1. The lowest BCUT2D eigenvalue weighted by Gasteiger charge is -2.18. The SMILES string of the molecule is CCn1cc(S(=O)(=O)N2CCOc3ccc(CCC(=O)N(C)C)cc3C2)cn1. The summed E-state index contributed by atoms with van der Waals surface area (Å²) < 4.78 is 34.8. The van der Waals surface area contributed by atoms with Crippen LogP contribution in [0.4, 0.5) is 0 Å². The molecule has 0 spiro atoms. The third-order valence-electron chi connectivity index (χ3n) is 4.77. The maximum atomic E-state index is 13.0. The first-order chi connectivity index (χ1) is 13.3. The molecule has 0 atom stereocenters. The molecule has 0 saturated carbocycles. The number of aryl methyl sites for hydroxylation is 2. The number of sulfonamides is 1. The summed E-state index contributed by atoms with van der Waals surface area (Å²) in [5.41, 5.74) is 1.79. The van der Waals surface area contributed by atoms with E-state index >= 15 is 0 Å². The number of aromatic nitrogens is 2. The van der Waals surface area contributed by atoms with Gasteiger partial charge in [0.2, 0.25) is 15.9 Å². The Hall–Kier alpha value is -2.39. The Kier molecular flexibility index (Phi) is 6.04. The number of carbonyl (C=O) groups excluding carboxylic acids is 1. The van der Waals surface area contributed by atoms with Crippen LogP contribution in [0.5, 0.6) is 5.75 Å². The first kappa shape index (κ1) is 20.3. The van der Waals surface area contributed by atoms with E-state index in [9.17, 15) is 13.2 Å². The molecule has 2 aromatic rings. The van der Waals surface area contributed by atoms with Crippen LogP contribution in [0.25, 0.3) is 0 Å². The zero-order chi connectivity index (χ0) is 20.3. The molecule has 0 fully saturated rings. The summed E-state index contributed by atoms with van der Waals surface area (Å²) in [5, 5.41) is 4.08. The first-order valence-corrected chi connectivity index (χ1v) is 10.7. The second-order valence-electron chi connectivity index (χ2n) is 6.95. The third kappa shape index (κ3) is 4.36. The summed E-state index contributed by atoms with van der Waals surface area (Å²) in [4.78, 5) is 13.6. The minimum absolute atomic E-state index is 0.0586. The Balaban J connectivity index is 1.81. The summed E-state index contributed by atoms with van der Waals surface area (Å²) in [6.07, 6.45) is 3.94. The number of hydrogen-bond donors (Lipinski definition) is 0. The molecule has 1 aromatic carbocycles. The monoisotopic (exact) mass is 406 g/mol. The van der Waals surface area contributed by atoms with Gasteiger partial charge in [0.05, 0.1) is 6.20 Å². The van der Waals surface area contributed by atoms with Crippen molar-refractivity contribution in [2.24, 2.45) is 0 Å². The number of carbonyl (C=O) groups is 1. The summed E-state index contributed by atoms with van der Waals surface area (Å²) in [7, 11) is -0.192. The van der Waals surface area contributed by atoms with E-state index in [1.165, 1.54) is 10.5 Å². The number of amides is 1. The Morgan fingerprint density at radius 2 is 2.11 bits per heavy atom. The van der Waals surface area contributed by atoms with Crippen LogP contribution >= 0.6 is 0 Å². The van der Waals surface area contributed by atoms with Gasteiger partial charge < -0.3 is 9.64 Å². The Morgan fingerprint density at radius 1 is 1.32 bits per heavy atom. The van der Waals surface area contributed by atoms with Crippen molar-refractivity contribution in [1.29, 1.82) is 0 Å². The van der Waals surface area contributed by atoms with E-state index in [-0.39, 0.29) is 30.5 Å². The van der Waals surface area contributed by atoms with Crippen LogP contribution in [-0.2, 0) is 34.3 Å². The van der Waals surface area contributed by atoms with Crippen molar-refractivity contribution < 1.29 is 17.9 Å². The van der Waals surface area contributed by atoms with E-state index < -0.39 is 10.0 Å². The van der Waals surface area contributed by atoms with Crippen LogP contribution in [-0.4, -0.2) is 60.6 Å². The first-order valence-electron chi connectivity index (χ1n) is 9.28. The van der Waals surface area contributed by atoms with Gasteiger partial charge in [-0.25, -0.2) is 8.42 Å². The minimum atomic E-state index is -3.66. The molecule has 8 nitrogen and oxygen atoms in total. The highest BCUT2D eigenvalue weighted by molar-refractivity contribution is 7.89. The van der Waals surface area contributed by atoms with Crippen molar-refractivity contribution in [1.82, 2.24) is 19.0 Å². The molecule has 0 saturated heterocycles. The van der Waals surface area contributed by atoms with E-state index in [1.807, 2.05) is 25.1 Å². The van der Waals surface area contributed by atoms with Gasteiger partial charge in [-0.1, -0.05) is 12.1 Å². The molecule has 9 heteroatoms. The average molecular weight is 407 g/mol. The Bertz CT molecular complexity index is 953. The molecule has 3 rings (SSSR count). The van der Waals surface area contributed by atoms with Crippen LogP contribution in [0.1, 0.15) is 24.5 Å². The van der Waals surface area contributed by atoms with Gasteiger partial charge in [-0.3, -0.25) is 9.48 Å². The van der Waals surface area contributed by atoms with E-state index in [2.05, 4.69) is 5.10 Å². The number of hydrogen-bond acceptors (Lipinski definition) is 5. The molecule has 1 amide bonds. The van der Waals surface area contributed by atoms with Crippen molar-refractivity contribution in [3.63, 3.8) is 0 Å². The summed E-state index contributed by atoms with van der Waals surface area (Å²) >= 11 is 0. The molecule has 0 aliphatic carbocycles. The molecule has 1 aromatic heterocycles. The van der Waals surface area contributed by atoms with Crippen LogP contribution in [0, 0.1) is 0 Å². The number of nitrogens with zero attached hydrogens (tertiary/aromatic N) is 4. The predicted octanol–water partition coefficient (Wildman–Crippen LogP) is 1.51. The molecule has 0 N–H and O–H groups in total. The van der Waals surface area contributed by atoms with E-state index in [1.54, 1.807) is 29.9 Å². The fourth-order valence-corrected chi connectivity index (χ4v) is 4.42. The van der Waals surface area contributed by atoms with Crippen molar-refractivity contribution in [3.05, 3.63) is 41.7 Å². The van der Waals surface area contributed by atoms with Gasteiger partial charge in [-0.2, -0.15) is 9.40 Å². The van der Waals surface area contributed by atoms with Gasteiger partial charge in [0.1, 0.15) is 17.3 Å². The normalized spacial score (nSPS) is 14.8.